The highest BCUT2D eigenvalue weighted by Gasteiger charge is 2.23. The third-order valence-corrected chi connectivity index (χ3v) is 7.78. The third-order valence-electron chi connectivity index (χ3n) is 5.51. The first kappa shape index (κ1) is 23.5. The molecular formula is C22H23Cl2N5O3S. The number of amides is 1. The monoisotopic (exact) mass is 507 g/mol. The summed E-state index contributed by atoms with van der Waals surface area (Å²) in [6, 6.07) is 6.76. The molecule has 1 aromatic carbocycles. The average molecular weight is 508 g/mol. The smallest absolute Gasteiger partial charge is 0.235 e. The lowest BCUT2D eigenvalue weighted by Gasteiger charge is -2.18. The number of nitrogens with zero attached hydrogens (tertiary/aromatic N) is 4. The average Bonchev–Trinajstić information content (AvgIpc) is 3.37. The van der Waals surface area contributed by atoms with Gasteiger partial charge >= 0.3 is 0 Å². The molecule has 3 aromatic rings. The number of hydrogen-bond donors (Lipinski definition) is 1. The molecule has 1 amide bonds. The number of nitrogens with one attached hydrogen (secondary N) is 1. The molecule has 33 heavy (non-hydrogen) atoms. The van der Waals surface area contributed by atoms with Gasteiger partial charge in [0.2, 0.25) is 15.7 Å². The van der Waals surface area contributed by atoms with E-state index in [9.17, 15) is 13.2 Å². The van der Waals surface area contributed by atoms with Crippen LogP contribution in [0.3, 0.4) is 0 Å². The van der Waals surface area contributed by atoms with Crippen molar-refractivity contribution >= 4 is 44.5 Å². The van der Waals surface area contributed by atoms with Crippen molar-refractivity contribution in [2.24, 2.45) is 7.05 Å². The van der Waals surface area contributed by atoms with Crippen LogP contribution >= 0.6 is 23.2 Å². The topological polar surface area (TPSA) is 98.9 Å². The van der Waals surface area contributed by atoms with Crippen molar-refractivity contribution in [1.29, 1.82) is 0 Å². The van der Waals surface area contributed by atoms with E-state index in [2.05, 4.69) is 15.5 Å². The SMILES string of the molecule is Cn1nccc1S(=O)(=O)CC(=O)NC/C=C1\CCCc2cnn(Cc3ccc(Cl)cc3Cl)c21. The molecule has 0 radical (unpaired) electrons. The number of carbonyl (C=O) groups excluding carboxylic acids is 1. The Hall–Kier alpha value is -2.62. The van der Waals surface area contributed by atoms with Crippen LogP contribution in [0.25, 0.3) is 5.57 Å². The van der Waals surface area contributed by atoms with Crippen LogP contribution in [0.5, 0.6) is 0 Å². The van der Waals surface area contributed by atoms with Crippen molar-refractivity contribution in [3.63, 3.8) is 0 Å². The summed E-state index contributed by atoms with van der Waals surface area (Å²) in [6.07, 6.45) is 7.93. The summed E-state index contributed by atoms with van der Waals surface area (Å²) in [4.78, 5) is 12.3. The minimum absolute atomic E-state index is 0.0117. The van der Waals surface area contributed by atoms with E-state index in [0.29, 0.717) is 16.6 Å². The molecule has 0 bridgehead atoms. The van der Waals surface area contributed by atoms with Crippen molar-refractivity contribution in [3.05, 3.63) is 69.6 Å². The number of hydrogen-bond acceptors (Lipinski definition) is 5. The second-order valence-corrected chi connectivity index (χ2v) is 10.6. The van der Waals surface area contributed by atoms with Crippen molar-refractivity contribution in [1.82, 2.24) is 24.9 Å². The lowest BCUT2D eigenvalue weighted by molar-refractivity contribution is -0.118. The largest absolute Gasteiger partial charge is 0.352 e. The fraction of sp³-hybridized carbons (Fsp3) is 0.318. The highest BCUT2D eigenvalue weighted by Crippen LogP contribution is 2.31. The molecule has 0 unspecified atom stereocenters. The first-order valence-corrected chi connectivity index (χ1v) is 12.8. The van der Waals surface area contributed by atoms with Gasteiger partial charge in [-0.1, -0.05) is 35.3 Å². The Balaban J connectivity index is 1.46. The van der Waals surface area contributed by atoms with E-state index >= 15 is 0 Å². The molecule has 0 fully saturated rings. The standard InChI is InChI=1S/C22H23Cl2N5O3S/c1-28-21(8-10-26-28)33(31,32)14-20(30)25-9-7-15-3-2-4-16-12-27-29(22(15)16)13-17-5-6-18(23)11-19(17)24/h5-8,10-12H,2-4,9,13-14H2,1H3,(H,25,30)/b15-7+. The zero-order chi connectivity index (χ0) is 23.6. The van der Waals surface area contributed by atoms with E-state index in [1.807, 2.05) is 23.0 Å². The maximum atomic E-state index is 12.4. The number of aryl methyl sites for hydroxylation is 2. The van der Waals surface area contributed by atoms with Crippen molar-refractivity contribution in [2.45, 2.75) is 30.8 Å². The number of allylic oxidation sites excluding steroid dienone is 1. The molecule has 2 aromatic heterocycles. The summed E-state index contributed by atoms with van der Waals surface area (Å²) in [7, 11) is -2.23. The highest BCUT2D eigenvalue weighted by molar-refractivity contribution is 7.92. The number of rotatable bonds is 7. The van der Waals surface area contributed by atoms with Crippen LogP contribution in [0.1, 0.15) is 29.7 Å². The van der Waals surface area contributed by atoms with Gasteiger partial charge in [-0.05, 0) is 54.2 Å². The molecule has 0 saturated heterocycles. The zero-order valence-corrected chi connectivity index (χ0v) is 20.3. The van der Waals surface area contributed by atoms with Crippen LogP contribution in [-0.4, -0.2) is 46.2 Å². The number of halogens is 2. The minimum atomic E-state index is -3.76. The molecule has 0 aliphatic heterocycles. The minimum Gasteiger partial charge on any atom is -0.352 e. The predicted octanol–water partition coefficient (Wildman–Crippen LogP) is 3.28. The number of fused-ring (bicyclic) bond motifs is 1. The second kappa shape index (κ2) is 9.70. The molecule has 174 valence electrons. The van der Waals surface area contributed by atoms with Gasteiger partial charge in [0.25, 0.3) is 0 Å². The van der Waals surface area contributed by atoms with Gasteiger partial charge in [-0.2, -0.15) is 10.2 Å². The predicted molar refractivity (Wildman–Crippen MR) is 127 cm³/mol. The van der Waals surface area contributed by atoms with Gasteiger partial charge in [-0.3, -0.25) is 14.2 Å². The maximum absolute atomic E-state index is 12.4. The molecule has 1 aliphatic carbocycles. The van der Waals surface area contributed by atoms with Crippen LogP contribution in [0.2, 0.25) is 10.0 Å². The fourth-order valence-corrected chi connectivity index (χ4v) is 5.73. The summed E-state index contributed by atoms with van der Waals surface area (Å²) in [5.41, 5.74) is 4.13. The van der Waals surface area contributed by atoms with Crippen LogP contribution < -0.4 is 5.32 Å². The summed E-state index contributed by atoms with van der Waals surface area (Å²) in [6.45, 7) is 0.722. The van der Waals surface area contributed by atoms with E-state index in [1.54, 1.807) is 12.1 Å². The first-order chi connectivity index (χ1) is 15.7. The Bertz CT molecular complexity index is 1330. The number of sulfone groups is 1. The van der Waals surface area contributed by atoms with Gasteiger partial charge in [0.15, 0.2) is 5.03 Å². The first-order valence-electron chi connectivity index (χ1n) is 10.4. The quantitative estimate of drug-likeness (QED) is 0.528. The molecule has 1 N–H and O–H groups in total. The van der Waals surface area contributed by atoms with E-state index < -0.39 is 21.5 Å². The second-order valence-electron chi connectivity index (χ2n) is 7.85. The molecule has 11 heteroatoms. The summed E-state index contributed by atoms with van der Waals surface area (Å²) < 4.78 is 28.0. The van der Waals surface area contributed by atoms with Gasteiger partial charge in [0, 0.05) is 23.6 Å². The van der Waals surface area contributed by atoms with Crippen LogP contribution in [0, 0.1) is 0 Å². The molecule has 0 saturated carbocycles. The van der Waals surface area contributed by atoms with E-state index in [-0.39, 0.29) is 11.6 Å². The molecular weight excluding hydrogens is 485 g/mol. The number of benzene rings is 1. The van der Waals surface area contributed by atoms with Crippen LogP contribution in [0.4, 0.5) is 0 Å². The number of aromatic nitrogens is 4. The molecule has 0 atom stereocenters. The van der Waals surface area contributed by atoms with Crippen molar-refractivity contribution in [2.75, 3.05) is 12.3 Å². The summed E-state index contributed by atoms with van der Waals surface area (Å²) in [5, 5.41) is 12.2. The Morgan fingerprint density at radius 3 is 2.76 bits per heavy atom. The molecule has 0 spiro atoms. The van der Waals surface area contributed by atoms with E-state index in [0.717, 1.165) is 41.7 Å². The molecule has 8 nitrogen and oxygen atoms in total. The lowest BCUT2D eigenvalue weighted by Crippen LogP contribution is -2.31. The van der Waals surface area contributed by atoms with Crippen LogP contribution in [-0.2, 0) is 34.6 Å². The lowest BCUT2D eigenvalue weighted by atomic mass is 9.92. The van der Waals surface area contributed by atoms with E-state index in [1.165, 1.54) is 24.0 Å². The van der Waals surface area contributed by atoms with Gasteiger partial charge in [0.1, 0.15) is 5.75 Å². The maximum Gasteiger partial charge on any atom is 0.235 e. The number of carbonyl (C=O) groups is 1. The zero-order valence-electron chi connectivity index (χ0n) is 18.0. The summed E-state index contributed by atoms with van der Waals surface area (Å²) in [5.74, 6) is -1.20. The third kappa shape index (κ3) is 5.31. The highest BCUT2D eigenvalue weighted by atomic mass is 35.5. The van der Waals surface area contributed by atoms with Crippen molar-refractivity contribution < 1.29 is 13.2 Å². The van der Waals surface area contributed by atoms with E-state index in [4.69, 9.17) is 23.2 Å². The Morgan fingerprint density at radius 1 is 1.21 bits per heavy atom. The molecule has 4 rings (SSSR count). The Labute approximate surface area is 202 Å². The van der Waals surface area contributed by atoms with Gasteiger partial charge < -0.3 is 5.32 Å². The van der Waals surface area contributed by atoms with Crippen molar-refractivity contribution in [3.8, 4) is 0 Å². The van der Waals surface area contributed by atoms with Gasteiger partial charge in [0.05, 0.1) is 24.6 Å². The Morgan fingerprint density at radius 2 is 2.03 bits per heavy atom. The normalized spacial score (nSPS) is 14.9. The fourth-order valence-electron chi connectivity index (χ4n) is 3.95. The summed E-state index contributed by atoms with van der Waals surface area (Å²) >= 11 is 12.3. The Kier molecular flexibility index (Phi) is 6.92. The molecule has 2 heterocycles. The molecule has 1 aliphatic rings. The van der Waals surface area contributed by atoms with Gasteiger partial charge in [-0.25, -0.2) is 8.42 Å². The van der Waals surface area contributed by atoms with Crippen LogP contribution in [0.15, 0.2) is 47.8 Å². The van der Waals surface area contributed by atoms with Gasteiger partial charge in [-0.15, -0.1) is 0 Å².